The highest BCUT2D eigenvalue weighted by atomic mass is 15.3. The summed E-state index contributed by atoms with van der Waals surface area (Å²) in [6.45, 7) is 4.09. The second-order valence-corrected chi connectivity index (χ2v) is 4.41. The van der Waals surface area contributed by atoms with Crippen LogP contribution in [0.5, 0.6) is 0 Å². The van der Waals surface area contributed by atoms with Crippen molar-refractivity contribution < 1.29 is 0 Å². The fraction of sp³-hybridized carbons (Fsp3) is 0.357. The standard InChI is InChI=1S/C14H17N3/c1-2-17-13(8-10-16-17)14-12-6-4-3-5-11(12)7-9-15-14/h3-6,8,10,14-15H,2,7,9H2,1H3. The molecule has 1 unspecified atom stereocenters. The maximum absolute atomic E-state index is 4.36. The molecule has 3 nitrogen and oxygen atoms in total. The van der Waals surface area contributed by atoms with Gasteiger partial charge in [0.25, 0.3) is 0 Å². The quantitative estimate of drug-likeness (QED) is 0.852. The molecule has 1 aromatic heterocycles. The lowest BCUT2D eigenvalue weighted by Crippen LogP contribution is -2.32. The molecule has 1 aromatic carbocycles. The third kappa shape index (κ3) is 1.76. The highest BCUT2D eigenvalue weighted by Crippen LogP contribution is 2.28. The lowest BCUT2D eigenvalue weighted by atomic mass is 9.92. The van der Waals surface area contributed by atoms with Gasteiger partial charge in [0.15, 0.2) is 0 Å². The van der Waals surface area contributed by atoms with Gasteiger partial charge in [-0.3, -0.25) is 4.68 Å². The first kappa shape index (κ1) is 10.5. The van der Waals surface area contributed by atoms with E-state index in [1.165, 1.54) is 16.8 Å². The summed E-state index contributed by atoms with van der Waals surface area (Å²) in [5.74, 6) is 0. The molecule has 1 aliphatic heterocycles. The van der Waals surface area contributed by atoms with Crippen LogP contribution in [0, 0.1) is 0 Å². The van der Waals surface area contributed by atoms with E-state index in [0.717, 1.165) is 19.5 Å². The molecule has 1 N–H and O–H groups in total. The number of nitrogens with one attached hydrogen (secondary N) is 1. The van der Waals surface area contributed by atoms with E-state index in [-0.39, 0.29) is 0 Å². The maximum atomic E-state index is 4.36. The van der Waals surface area contributed by atoms with Gasteiger partial charge in [0.2, 0.25) is 0 Å². The largest absolute Gasteiger partial charge is 0.305 e. The smallest absolute Gasteiger partial charge is 0.0751 e. The minimum atomic E-state index is 0.294. The van der Waals surface area contributed by atoms with E-state index in [1.54, 1.807) is 0 Å². The van der Waals surface area contributed by atoms with Crippen LogP contribution in [-0.4, -0.2) is 16.3 Å². The summed E-state index contributed by atoms with van der Waals surface area (Å²) >= 11 is 0. The van der Waals surface area contributed by atoms with Gasteiger partial charge < -0.3 is 5.32 Å². The third-order valence-electron chi connectivity index (χ3n) is 3.45. The average Bonchev–Trinajstić information content (AvgIpc) is 2.86. The van der Waals surface area contributed by atoms with Gasteiger partial charge in [0.1, 0.15) is 0 Å². The molecule has 3 rings (SSSR count). The predicted octanol–water partition coefficient (Wildman–Crippen LogP) is 2.14. The molecule has 0 radical (unpaired) electrons. The molecule has 0 bridgehead atoms. The Kier molecular flexibility index (Phi) is 2.69. The van der Waals surface area contributed by atoms with Gasteiger partial charge in [-0.2, -0.15) is 5.10 Å². The highest BCUT2D eigenvalue weighted by Gasteiger charge is 2.23. The lowest BCUT2D eigenvalue weighted by molar-refractivity contribution is 0.511. The highest BCUT2D eigenvalue weighted by molar-refractivity contribution is 5.37. The molecule has 0 saturated heterocycles. The topological polar surface area (TPSA) is 29.9 Å². The monoisotopic (exact) mass is 227 g/mol. The van der Waals surface area contributed by atoms with Crippen LogP contribution in [0.2, 0.25) is 0 Å². The third-order valence-corrected chi connectivity index (χ3v) is 3.45. The van der Waals surface area contributed by atoms with Crippen LogP contribution >= 0.6 is 0 Å². The van der Waals surface area contributed by atoms with Crippen LogP contribution in [0.1, 0.15) is 29.8 Å². The molecular weight excluding hydrogens is 210 g/mol. The molecule has 0 spiro atoms. The molecule has 0 amide bonds. The number of rotatable bonds is 2. The number of fused-ring (bicyclic) bond motifs is 1. The van der Waals surface area contributed by atoms with E-state index in [1.807, 2.05) is 6.20 Å². The summed E-state index contributed by atoms with van der Waals surface area (Å²) in [6, 6.07) is 11.1. The number of hydrogen-bond acceptors (Lipinski definition) is 2. The van der Waals surface area contributed by atoms with Gasteiger partial charge in [0, 0.05) is 19.3 Å². The summed E-state index contributed by atoms with van der Waals surface area (Å²) in [4.78, 5) is 0. The van der Waals surface area contributed by atoms with Crippen molar-refractivity contribution in [1.29, 1.82) is 0 Å². The van der Waals surface area contributed by atoms with E-state index in [4.69, 9.17) is 0 Å². The lowest BCUT2D eigenvalue weighted by Gasteiger charge is -2.27. The van der Waals surface area contributed by atoms with Crippen molar-refractivity contribution in [3.63, 3.8) is 0 Å². The Bertz CT molecular complexity index is 516. The van der Waals surface area contributed by atoms with E-state index in [2.05, 4.69) is 52.4 Å². The second-order valence-electron chi connectivity index (χ2n) is 4.41. The molecular formula is C14H17N3. The Balaban J connectivity index is 2.06. The fourth-order valence-corrected chi connectivity index (χ4v) is 2.62. The average molecular weight is 227 g/mol. The zero-order valence-electron chi connectivity index (χ0n) is 10.1. The first-order valence-electron chi connectivity index (χ1n) is 6.23. The number of nitrogens with zero attached hydrogens (tertiary/aromatic N) is 2. The minimum Gasteiger partial charge on any atom is -0.305 e. The van der Waals surface area contributed by atoms with Gasteiger partial charge in [-0.15, -0.1) is 0 Å². The molecule has 88 valence electrons. The van der Waals surface area contributed by atoms with E-state index in [9.17, 15) is 0 Å². The summed E-state index contributed by atoms with van der Waals surface area (Å²) < 4.78 is 2.07. The fourth-order valence-electron chi connectivity index (χ4n) is 2.62. The zero-order valence-corrected chi connectivity index (χ0v) is 10.1. The first-order valence-corrected chi connectivity index (χ1v) is 6.23. The molecule has 0 aliphatic carbocycles. The van der Waals surface area contributed by atoms with Crippen molar-refractivity contribution in [2.45, 2.75) is 25.9 Å². The van der Waals surface area contributed by atoms with Gasteiger partial charge in [0.05, 0.1) is 11.7 Å². The van der Waals surface area contributed by atoms with Crippen LogP contribution < -0.4 is 5.32 Å². The number of benzene rings is 1. The maximum Gasteiger partial charge on any atom is 0.0751 e. The summed E-state index contributed by atoms with van der Waals surface area (Å²) in [6.07, 6.45) is 3.00. The van der Waals surface area contributed by atoms with Crippen molar-refractivity contribution in [2.24, 2.45) is 0 Å². The van der Waals surface area contributed by atoms with Crippen LogP contribution in [0.3, 0.4) is 0 Å². The van der Waals surface area contributed by atoms with Crippen LogP contribution in [0.15, 0.2) is 36.5 Å². The summed E-state index contributed by atoms with van der Waals surface area (Å²) in [5.41, 5.74) is 4.12. The van der Waals surface area contributed by atoms with Crippen molar-refractivity contribution >= 4 is 0 Å². The predicted molar refractivity (Wildman–Crippen MR) is 67.9 cm³/mol. The summed E-state index contributed by atoms with van der Waals surface area (Å²) in [5, 5.41) is 7.95. The van der Waals surface area contributed by atoms with Gasteiger partial charge in [-0.05, 0) is 30.5 Å². The number of aryl methyl sites for hydroxylation is 1. The zero-order chi connectivity index (χ0) is 11.7. The van der Waals surface area contributed by atoms with Gasteiger partial charge in [-0.1, -0.05) is 24.3 Å². The first-order chi connectivity index (χ1) is 8.40. The number of aromatic nitrogens is 2. The van der Waals surface area contributed by atoms with Gasteiger partial charge in [-0.25, -0.2) is 0 Å². The molecule has 1 aliphatic rings. The van der Waals surface area contributed by atoms with E-state index < -0.39 is 0 Å². The van der Waals surface area contributed by atoms with E-state index in [0.29, 0.717) is 6.04 Å². The Morgan fingerprint density at radius 2 is 2.24 bits per heavy atom. The Morgan fingerprint density at radius 3 is 3.12 bits per heavy atom. The Morgan fingerprint density at radius 1 is 1.35 bits per heavy atom. The normalized spacial score (nSPS) is 19.0. The van der Waals surface area contributed by atoms with Crippen molar-refractivity contribution in [2.75, 3.05) is 6.54 Å². The molecule has 0 fully saturated rings. The van der Waals surface area contributed by atoms with Crippen LogP contribution in [0.25, 0.3) is 0 Å². The Hall–Kier alpha value is -1.61. The summed E-state index contributed by atoms with van der Waals surface area (Å²) in [7, 11) is 0. The molecule has 2 heterocycles. The number of hydrogen-bond donors (Lipinski definition) is 1. The molecule has 1 atom stereocenters. The van der Waals surface area contributed by atoms with Gasteiger partial charge >= 0.3 is 0 Å². The molecule has 0 saturated carbocycles. The molecule has 17 heavy (non-hydrogen) atoms. The minimum absolute atomic E-state index is 0.294. The van der Waals surface area contributed by atoms with Crippen molar-refractivity contribution in [1.82, 2.24) is 15.1 Å². The Labute approximate surface area is 101 Å². The van der Waals surface area contributed by atoms with Crippen LogP contribution in [-0.2, 0) is 13.0 Å². The van der Waals surface area contributed by atoms with Crippen molar-refractivity contribution in [3.05, 3.63) is 53.3 Å². The SMILES string of the molecule is CCn1nccc1C1NCCc2ccccc21. The van der Waals surface area contributed by atoms with Crippen molar-refractivity contribution in [3.8, 4) is 0 Å². The van der Waals surface area contributed by atoms with E-state index >= 15 is 0 Å². The molecule has 3 heteroatoms. The second kappa shape index (κ2) is 4.34. The van der Waals surface area contributed by atoms with Crippen LogP contribution in [0.4, 0.5) is 0 Å². The molecule has 2 aromatic rings.